The molecule has 0 aliphatic carbocycles. The van der Waals surface area contributed by atoms with Gasteiger partial charge >= 0.3 is 12.1 Å². The highest BCUT2D eigenvalue weighted by molar-refractivity contribution is 5.93. The highest BCUT2D eigenvalue weighted by Crippen LogP contribution is 2.33. The van der Waals surface area contributed by atoms with Crippen LogP contribution in [0.4, 0.5) is 13.2 Å². The molecule has 0 aliphatic heterocycles. The zero-order valence-electron chi connectivity index (χ0n) is 14.3. The number of alkyl halides is 3. The van der Waals surface area contributed by atoms with Gasteiger partial charge in [0, 0.05) is 18.9 Å². The number of halogens is 3. The van der Waals surface area contributed by atoms with E-state index >= 15 is 0 Å². The lowest BCUT2D eigenvalue weighted by Gasteiger charge is -2.07. The molecule has 0 unspecified atom stereocenters. The van der Waals surface area contributed by atoms with Crippen LogP contribution in [-0.2, 0) is 24.5 Å². The molecule has 0 radical (unpaired) electrons. The molecule has 0 bridgehead atoms. The number of hydrogen-bond donors (Lipinski definition) is 0. The maximum Gasteiger partial charge on any atom is 0.435 e. The van der Waals surface area contributed by atoms with Crippen molar-refractivity contribution in [2.75, 3.05) is 6.61 Å². The van der Waals surface area contributed by atoms with Crippen molar-refractivity contribution in [3.05, 3.63) is 41.0 Å². The van der Waals surface area contributed by atoms with Crippen LogP contribution < -0.4 is 0 Å². The smallest absolute Gasteiger partial charge is 0.435 e. The summed E-state index contributed by atoms with van der Waals surface area (Å²) in [5, 5.41) is 7.44. The first-order chi connectivity index (χ1) is 12.2. The molecule has 0 atom stereocenters. The molecule has 3 heterocycles. The second kappa shape index (κ2) is 6.43. The van der Waals surface area contributed by atoms with Crippen molar-refractivity contribution in [1.82, 2.24) is 24.5 Å². The minimum absolute atomic E-state index is 0.0384. The fraction of sp³-hybridized carbons (Fsp3) is 0.375. The van der Waals surface area contributed by atoms with Crippen LogP contribution in [0.3, 0.4) is 0 Å². The van der Waals surface area contributed by atoms with Gasteiger partial charge in [-0.25, -0.2) is 14.5 Å². The van der Waals surface area contributed by atoms with Crippen LogP contribution in [0.1, 0.15) is 27.4 Å². The topological polar surface area (TPSA) is 74.8 Å². The molecule has 0 spiro atoms. The lowest BCUT2D eigenvalue weighted by atomic mass is 10.2. The van der Waals surface area contributed by atoms with Crippen molar-refractivity contribution < 1.29 is 22.7 Å². The van der Waals surface area contributed by atoms with E-state index in [4.69, 9.17) is 4.74 Å². The van der Waals surface area contributed by atoms with Gasteiger partial charge in [-0.1, -0.05) is 0 Å². The van der Waals surface area contributed by atoms with Crippen molar-refractivity contribution in [1.29, 1.82) is 0 Å². The number of hydrogen-bond acceptors (Lipinski definition) is 5. The van der Waals surface area contributed by atoms with Crippen LogP contribution >= 0.6 is 0 Å². The van der Waals surface area contributed by atoms with Gasteiger partial charge in [-0.2, -0.15) is 23.4 Å². The number of rotatable bonds is 4. The van der Waals surface area contributed by atoms with Crippen LogP contribution in [0.25, 0.3) is 11.0 Å². The number of ether oxygens (including phenoxy) is 1. The summed E-state index contributed by atoms with van der Waals surface area (Å²) in [6, 6.07) is 2.99. The first-order valence-electron chi connectivity index (χ1n) is 7.75. The maximum atomic E-state index is 13.1. The van der Waals surface area contributed by atoms with Crippen LogP contribution in [0.2, 0.25) is 0 Å². The fourth-order valence-corrected chi connectivity index (χ4v) is 2.67. The minimum atomic E-state index is -4.64. The summed E-state index contributed by atoms with van der Waals surface area (Å²) in [4.78, 5) is 16.0. The Morgan fingerprint density at radius 2 is 1.96 bits per heavy atom. The molecule has 7 nitrogen and oxygen atoms in total. The molecule has 0 saturated carbocycles. The van der Waals surface area contributed by atoms with Gasteiger partial charge in [0.05, 0.1) is 23.2 Å². The molecular weight excluding hydrogens is 351 g/mol. The average molecular weight is 367 g/mol. The zero-order valence-corrected chi connectivity index (χ0v) is 14.3. The molecule has 3 rings (SSSR count). The Bertz CT molecular complexity index is 974. The third-order valence-corrected chi connectivity index (χ3v) is 3.82. The zero-order chi connectivity index (χ0) is 19.1. The number of esters is 1. The van der Waals surface area contributed by atoms with Gasteiger partial charge < -0.3 is 4.74 Å². The van der Waals surface area contributed by atoms with Crippen molar-refractivity contribution >= 4 is 17.0 Å². The van der Waals surface area contributed by atoms with Gasteiger partial charge in [-0.3, -0.25) is 4.68 Å². The third kappa shape index (κ3) is 3.39. The maximum absolute atomic E-state index is 13.1. The van der Waals surface area contributed by atoms with E-state index in [-0.39, 0.29) is 23.2 Å². The summed E-state index contributed by atoms with van der Waals surface area (Å²) >= 11 is 0. The van der Waals surface area contributed by atoms with E-state index in [0.717, 1.165) is 22.1 Å². The van der Waals surface area contributed by atoms with Gasteiger partial charge in [0.2, 0.25) is 0 Å². The van der Waals surface area contributed by atoms with Gasteiger partial charge in [-0.05, 0) is 26.0 Å². The molecule has 0 fully saturated rings. The quantitative estimate of drug-likeness (QED) is 0.663. The van der Waals surface area contributed by atoms with Crippen LogP contribution in [0.15, 0.2) is 18.3 Å². The lowest BCUT2D eigenvalue weighted by molar-refractivity contribution is -0.140. The fourth-order valence-electron chi connectivity index (χ4n) is 2.67. The molecule has 10 heteroatoms. The molecule has 0 N–H and O–H groups in total. The summed E-state index contributed by atoms with van der Waals surface area (Å²) in [5.74, 6) is -0.752. The van der Waals surface area contributed by atoms with Crippen LogP contribution in [-0.4, -0.2) is 37.1 Å². The third-order valence-electron chi connectivity index (χ3n) is 3.82. The van der Waals surface area contributed by atoms with Crippen LogP contribution in [0, 0.1) is 13.8 Å². The van der Waals surface area contributed by atoms with E-state index in [1.54, 1.807) is 4.68 Å². The van der Waals surface area contributed by atoms with Gasteiger partial charge in [0.1, 0.15) is 6.61 Å². The number of pyridine rings is 1. The Hall–Kier alpha value is -2.91. The number of carbonyl (C=O) groups is 1. The van der Waals surface area contributed by atoms with E-state index in [2.05, 4.69) is 15.2 Å². The lowest BCUT2D eigenvalue weighted by Crippen LogP contribution is -2.13. The minimum Gasteiger partial charge on any atom is -0.460 e. The Morgan fingerprint density at radius 1 is 1.23 bits per heavy atom. The summed E-state index contributed by atoms with van der Waals surface area (Å²) in [5.41, 5.74) is 0.659. The van der Waals surface area contributed by atoms with E-state index in [1.165, 1.54) is 13.2 Å². The predicted octanol–water partition coefficient (Wildman–Crippen LogP) is 2.66. The van der Waals surface area contributed by atoms with Crippen molar-refractivity contribution in [2.45, 2.75) is 26.6 Å². The van der Waals surface area contributed by atoms with Crippen LogP contribution in [0.5, 0.6) is 0 Å². The first kappa shape index (κ1) is 17.9. The number of fused-ring (bicyclic) bond motifs is 1. The van der Waals surface area contributed by atoms with Gasteiger partial charge in [0.15, 0.2) is 11.3 Å². The normalized spacial score (nSPS) is 11.9. The molecule has 3 aromatic heterocycles. The summed E-state index contributed by atoms with van der Waals surface area (Å²) in [6.45, 7) is 4.11. The summed E-state index contributed by atoms with van der Waals surface area (Å²) in [6.07, 6.45) is -3.46. The molecule has 0 amide bonds. The molecule has 0 saturated heterocycles. The van der Waals surface area contributed by atoms with E-state index in [9.17, 15) is 18.0 Å². The highest BCUT2D eigenvalue weighted by Gasteiger charge is 2.37. The standard InChI is InChI=1S/C16H16F3N5O2/c1-9-6-10(2)24(21-9)4-5-26-15(25)11-7-12-13(16(17,18)19)22-23(3)14(12)20-8-11/h6-8H,4-5H2,1-3H3. The summed E-state index contributed by atoms with van der Waals surface area (Å²) in [7, 11) is 1.36. The van der Waals surface area contributed by atoms with E-state index in [1.807, 2.05) is 19.9 Å². The Kier molecular flexibility index (Phi) is 4.43. The molecule has 26 heavy (non-hydrogen) atoms. The first-order valence-corrected chi connectivity index (χ1v) is 7.75. The Balaban J connectivity index is 1.77. The second-order valence-electron chi connectivity index (χ2n) is 5.85. The largest absolute Gasteiger partial charge is 0.460 e. The van der Waals surface area contributed by atoms with Gasteiger partial charge in [-0.15, -0.1) is 0 Å². The number of nitrogens with zero attached hydrogens (tertiary/aromatic N) is 5. The van der Waals surface area contributed by atoms with Crippen molar-refractivity contribution in [3.8, 4) is 0 Å². The molecule has 0 aromatic carbocycles. The molecule has 3 aromatic rings. The Morgan fingerprint density at radius 3 is 2.58 bits per heavy atom. The van der Waals surface area contributed by atoms with E-state index in [0.29, 0.717) is 6.54 Å². The Labute approximate surface area is 146 Å². The van der Waals surface area contributed by atoms with Crippen molar-refractivity contribution in [3.63, 3.8) is 0 Å². The number of aromatic nitrogens is 5. The SMILES string of the molecule is Cc1cc(C)n(CCOC(=O)c2cnc3c(c2)c(C(F)(F)F)nn3C)n1. The highest BCUT2D eigenvalue weighted by atomic mass is 19.4. The summed E-state index contributed by atoms with van der Waals surface area (Å²) < 4.78 is 47.0. The number of aryl methyl sites for hydroxylation is 3. The average Bonchev–Trinajstić information content (AvgIpc) is 3.06. The van der Waals surface area contributed by atoms with Crippen molar-refractivity contribution in [2.24, 2.45) is 7.05 Å². The molecule has 138 valence electrons. The number of carbonyl (C=O) groups excluding carboxylic acids is 1. The second-order valence-corrected chi connectivity index (χ2v) is 5.85. The molecular formula is C16H16F3N5O2. The predicted molar refractivity (Wildman–Crippen MR) is 85.5 cm³/mol. The monoisotopic (exact) mass is 367 g/mol. The molecule has 0 aliphatic rings. The van der Waals surface area contributed by atoms with Gasteiger partial charge in [0.25, 0.3) is 0 Å². The van der Waals surface area contributed by atoms with E-state index < -0.39 is 17.8 Å².